The molecule has 136 valence electrons. The lowest BCUT2D eigenvalue weighted by Crippen LogP contribution is -2.06. The van der Waals surface area contributed by atoms with Gasteiger partial charge in [0.1, 0.15) is 11.2 Å². The number of fused-ring (bicyclic) bond motifs is 4. The lowest BCUT2D eigenvalue weighted by molar-refractivity contribution is 0.0527. The zero-order valence-electron chi connectivity index (χ0n) is 15.4. The molecule has 0 amide bonds. The first kappa shape index (κ1) is 16.6. The summed E-state index contributed by atoms with van der Waals surface area (Å²) in [5.74, 6) is -0.312. The van der Waals surface area contributed by atoms with Crippen LogP contribution in [0.5, 0.6) is 0 Å². The summed E-state index contributed by atoms with van der Waals surface area (Å²) in [6.45, 7) is 2.16. The van der Waals surface area contributed by atoms with Crippen LogP contribution in [0.1, 0.15) is 17.3 Å². The van der Waals surface area contributed by atoms with Crippen LogP contribution in [0.15, 0.2) is 83.3 Å². The first-order chi connectivity index (χ1) is 13.8. The third-order valence-electron chi connectivity index (χ3n) is 5.09. The molecule has 0 fully saturated rings. The molecule has 3 heteroatoms. The number of furan rings is 1. The van der Waals surface area contributed by atoms with Crippen LogP contribution in [0, 0.1) is 0 Å². The number of rotatable bonds is 3. The van der Waals surface area contributed by atoms with E-state index in [1.165, 1.54) is 0 Å². The number of benzene rings is 4. The van der Waals surface area contributed by atoms with Gasteiger partial charge in [-0.25, -0.2) is 4.79 Å². The lowest BCUT2D eigenvalue weighted by atomic mass is 9.92. The summed E-state index contributed by atoms with van der Waals surface area (Å²) >= 11 is 0. The summed E-state index contributed by atoms with van der Waals surface area (Å²) in [7, 11) is 0. The number of ether oxygens (including phenoxy) is 1. The summed E-state index contributed by atoms with van der Waals surface area (Å²) in [6, 6.07) is 26.0. The molecule has 0 bridgehead atoms. The molecule has 0 unspecified atom stereocenters. The minimum absolute atomic E-state index is 0.312. The number of hydrogen-bond acceptors (Lipinski definition) is 3. The molecule has 0 aliphatic carbocycles. The van der Waals surface area contributed by atoms with Crippen LogP contribution >= 0.6 is 0 Å². The highest BCUT2D eigenvalue weighted by Crippen LogP contribution is 2.37. The van der Waals surface area contributed by atoms with Crippen molar-refractivity contribution in [1.29, 1.82) is 0 Å². The van der Waals surface area contributed by atoms with Gasteiger partial charge in [0.25, 0.3) is 0 Å². The minimum Gasteiger partial charge on any atom is -0.462 e. The van der Waals surface area contributed by atoms with E-state index in [9.17, 15) is 4.79 Å². The number of carbonyl (C=O) groups is 1. The van der Waals surface area contributed by atoms with Crippen molar-refractivity contribution in [3.05, 3.63) is 84.4 Å². The van der Waals surface area contributed by atoms with Crippen molar-refractivity contribution >= 4 is 38.7 Å². The molecule has 0 saturated heterocycles. The Bertz CT molecular complexity index is 1340. The number of para-hydroxylation sites is 1. The Hall–Kier alpha value is -3.59. The molecule has 0 aliphatic heterocycles. The third-order valence-corrected chi connectivity index (χ3v) is 5.09. The van der Waals surface area contributed by atoms with Gasteiger partial charge in [-0.3, -0.25) is 0 Å². The molecule has 0 atom stereocenters. The molecular formula is C25H18O3. The van der Waals surface area contributed by atoms with Gasteiger partial charge < -0.3 is 9.15 Å². The van der Waals surface area contributed by atoms with Crippen LogP contribution in [0.25, 0.3) is 43.8 Å². The zero-order valence-corrected chi connectivity index (χ0v) is 15.4. The Labute approximate surface area is 162 Å². The van der Waals surface area contributed by atoms with Crippen molar-refractivity contribution in [2.24, 2.45) is 0 Å². The first-order valence-corrected chi connectivity index (χ1v) is 9.37. The Morgan fingerprint density at radius 1 is 0.821 bits per heavy atom. The monoisotopic (exact) mass is 366 g/mol. The molecule has 3 nitrogen and oxygen atoms in total. The standard InChI is InChI=1S/C25H18O3/c1-2-27-25(26)21-14-11-16-7-3-4-8-18(16)24(21)17-12-13-20-19-9-5-6-10-22(19)28-23(20)15-17/h3-15H,2H2,1H3. The van der Waals surface area contributed by atoms with E-state index in [0.29, 0.717) is 12.2 Å². The third kappa shape index (κ3) is 2.55. The highest BCUT2D eigenvalue weighted by molar-refractivity contribution is 6.11. The Morgan fingerprint density at radius 2 is 1.57 bits per heavy atom. The fourth-order valence-electron chi connectivity index (χ4n) is 3.84. The summed E-state index contributed by atoms with van der Waals surface area (Å²) in [5.41, 5.74) is 4.04. The van der Waals surface area contributed by atoms with Crippen LogP contribution in [-0.2, 0) is 4.74 Å². The maximum absolute atomic E-state index is 12.6. The van der Waals surface area contributed by atoms with Gasteiger partial charge in [0.05, 0.1) is 12.2 Å². The molecule has 5 aromatic rings. The van der Waals surface area contributed by atoms with Crippen molar-refractivity contribution in [3.63, 3.8) is 0 Å². The minimum atomic E-state index is -0.312. The van der Waals surface area contributed by atoms with Crippen LogP contribution in [-0.4, -0.2) is 12.6 Å². The molecule has 1 aromatic heterocycles. The molecule has 5 rings (SSSR count). The van der Waals surface area contributed by atoms with E-state index in [0.717, 1.165) is 43.8 Å². The lowest BCUT2D eigenvalue weighted by Gasteiger charge is -2.13. The number of esters is 1. The van der Waals surface area contributed by atoms with Crippen molar-refractivity contribution in [3.8, 4) is 11.1 Å². The summed E-state index contributed by atoms with van der Waals surface area (Å²) in [5, 5.41) is 4.25. The van der Waals surface area contributed by atoms with Crippen LogP contribution in [0.2, 0.25) is 0 Å². The molecule has 0 spiro atoms. The summed E-state index contributed by atoms with van der Waals surface area (Å²) in [6.07, 6.45) is 0. The van der Waals surface area contributed by atoms with Gasteiger partial charge in [0.15, 0.2) is 0 Å². The van der Waals surface area contributed by atoms with E-state index in [1.807, 2.05) is 67.6 Å². The maximum Gasteiger partial charge on any atom is 0.338 e. The predicted octanol–water partition coefficient (Wildman–Crippen LogP) is 6.58. The highest BCUT2D eigenvalue weighted by atomic mass is 16.5. The maximum atomic E-state index is 12.6. The van der Waals surface area contributed by atoms with E-state index in [2.05, 4.69) is 18.2 Å². The Balaban J connectivity index is 1.80. The van der Waals surface area contributed by atoms with E-state index in [-0.39, 0.29) is 5.97 Å². The normalized spacial score (nSPS) is 11.3. The van der Waals surface area contributed by atoms with Crippen molar-refractivity contribution in [2.45, 2.75) is 6.92 Å². The number of hydrogen-bond donors (Lipinski definition) is 0. The van der Waals surface area contributed by atoms with E-state index >= 15 is 0 Å². The fourth-order valence-corrected chi connectivity index (χ4v) is 3.84. The van der Waals surface area contributed by atoms with Crippen molar-refractivity contribution < 1.29 is 13.9 Å². The van der Waals surface area contributed by atoms with Crippen molar-refractivity contribution in [2.75, 3.05) is 6.61 Å². The number of carbonyl (C=O) groups excluding carboxylic acids is 1. The molecule has 0 N–H and O–H groups in total. The molecule has 0 aliphatic rings. The SMILES string of the molecule is CCOC(=O)c1ccc2ccccc2c1-c1ccc2c(c1)oc1ccccc12. The smallest absolute Gasteiger partial charge is 0.338 e. The second kappa shape index (κ2) is 6.54. The quantitative estimate of drug-likeness (QED) is 0.338. The second-order valence-electron chi connectivity index (χ2n) is 6.74. The van der Waals surface area contributed by atoms with Gasteiger partial charge in [-0.1, -0.05) is 54.6 Å². The second-order valence-corrected chi connectivity index (χ2v) is 6.74. The van der Waals surface area contributed by atoms with E-state index in [1.54, 1.807) is 0 Å². The van der Waals surface area contributed by atoms with E-state index < -0.39 is 0 Å². The van der Waals surface area contributed by atoms with Gasteiger partial charge in [-0.05, 0) is 47.5 Å². The molecule has 4 aromatic carbocycles. The summed E-state index contributed by atoms with van der Waals surface area (Å²) < 4.78 is 11.4. The molecular weight excluding hydrogens is 348 g/mol. The van der Waals surface area contributed by atoms with Crippen LogP contribution in [0.3, 0.4) is 0 Å². The summed E-state index contributed by atoms with van der Waals surface area (Å²) in [4.78, 5) is 12.6. The van der Waals surface area contributed by atoms with Gasteiger partial charge >= 0.3 is 5.97 Å². The molecule has 0 saturated carbocycles. The average Bonchev–Trinajstić information content (AvgIpc) is 3.10. The average molecular weight is 366 g/mol. The van der Waals surface area contributed by atoms with E-state index in [4.69, 9.17) is 9.15 Å². The van der Waals surface area contributed by atoms with Gasteiger partial charge in [0, 0.05) is 16.3 Å². The van der Waals surface area contributed by atoms with Crippen LogP contribution in [0.4, 0.5) is 0 Å². The largest absolute Gasteiger partial charge is 0.462 e. The van der Waals surface area contributed by atoms with Gasteiger partial charge in [-0.2, -0.15) is 0 Å². The van der Waals surface area contributed by atoms with Crippen molar-refractivity contribution in [1.82, 2.24) is 0 Å². The highest BCUT2D eigenvalue weighted by Gasteiger charge is 2.18. The topological polar surface area (TPSA) is 39.4 Å². The fraction of sp³-hybridized carbons (Fsp3) is 0.0800. The Kier molecular flexibility index (Phi) is 3.87. The van der Waals surface area contributed by atoms with Gasteiger partial charge in [0.2, 0.25) is 0 Å². The Morgan fingerprint density at radius 3 is 2.43 bits per heavy atom. The molecule has 1 heterocycles. The zero-order chi connectivity index (χ0) is 19.1. The first-order valence-electron chi connectivity index (χ1n) is 9.37. The van der Waals surface area contributed by atoms with Crippen LogP contribution < -0.4 is 0 Å². The van der Waals surface area contributed by atoms with Gasteiger partial charge in [-0.15, -0.1) is 0 Å². The molecule has 28 heavy (non-hydrogen) atoms. The predicted molar refractivity (Wildman–Crippen MR) is 113 cm³/mol. The molecule has 0 radical (unpaired) electrons.